The van der Waals surface area contributed by atoms with E-state index in [9.17, 15) is 24.3 Å². The quantitative estimate of drug-likeness (QED) is 0.483. The highest BCUT2D eigenvalue weighted by molar-refractivity contribution is 6.31. The number of benzene rings is 2. The molecule has 0 spiro atoms. The lowest BCUT2D eigenvalue weighted by Crippen LogP contribution is -2.52. The predicted octanol–water partition coefficient (Wildman–Crippen LogP) is 1.47. The van der Waals surface area contributed by atoms with Gasteiger partial charge in [-0.15, -0.1) is 0 Å². The van der Waals surface area contributed by atoms with Crippen LogP contribution >= 0.6 is 11.6 Å². The molecule has 32 heavy (non-hydrogen) atoms. The minimum atomic E-state index is -0.671. The Balaban J connectivity index is 1.40. The first-order chi connectivity index (χ1) is 15.3. The minimum absolute atomic E-state index is 0.00172. The van der Waals surface area contributed by atoms with E-state index in [1.165, 1.54) is 23.1 Å². The van der Waals surface area contributed by atoms with Gasteiger partial charge in [0.05, 0.1) is 5.02 Å². The van der Waals surface area contributed by atoms with Crippen molar-refractivity contribution in [1.82, 2.24) is 15.5 Å². The third-order valence-electron chi connectivity index (χ3n) is 5.30. The van der Waals surface area contributed by atoms with Crippen LogP contribution < -0.4 is 10.6 Å². The van der Waals surface area contributed by atoms with Crippen molar-refractivity contribution in [3.63, 3.8) is 0 Å². The lowest BCUT2D eigenvalue weighted by Gasteiger charge is -2.29. The number of phenolic OH excluding ortho intramolecular Hbond substituents is 1. The number of aromatic hydroxyl groups is 1. The number of halogens is 1. The van der Waals surface area contributed by atoms with Crippen LogP contribution in [0, 0.1) is 11.8 Å². The summed E-state index contributed by atoms with van der Waals surface area (Å²) < 4.78 is 0. The number of nitrogens with zero attached hydrogens (tertiary/aromatic N) is 1. The van der Waals surface area contributed by atoms with Crippen molar-refractivity contribution in [2.75, 3.05) is 0 Å². The number of hydrogen-bond acceptors (Lipinski definition) is 5. The minimum Gasteiger partial charge on any atom is -0.508 e. The van der Waals surface area contributed by atoms with Crippen molar-refractivity contribution in [3.05, 3.63) is 63.7 Å². The summed E-state index contributed by atoms with van der Waals surface area (Å²) >= 11 is 5.98. The molecule has 0 aliphatic carbocycles. The first-order valence-electron chi connectivity index (χ1n) is 9.86. The molecule has 8 nitrogen and oxygen atoms in total. The first-order valence-corrected chi connectivity index (χ1v) is 10.2. The normalized spacial score (nSPS) is 17.3. The molecule has 0 saturated carbocycles. The fourth-order valence-electron chi connectivity index (χ4n) is 3.70. The van der Waals surface area contributed by atoms with Crippen LogP contribution in [0.15, 0.2) is 36.4 Å². The predicted molar refractivity (Wildman–Crippen MR) is 114 cm³/mol. The number of hydrogen-bond donors (Lipinski definition) is 3. The van der Waals surface area contributed by atoms with E-state index in [4.69, 9.17) is 11.6 Å². The number of carbonyl (C=O) groups is 4. The SMILES string of the molecule is O=C(C#Cc1cc(O)ccc1Cl)NCc1ccc2c(c1)CN(C1CCC(=O)NC1=O)C2=O. The number of carbonyl (C=O) groups excluding carboxylic acids is 4. The van der Waals surface area contributed by atoms with E-state index in [2.05, 4.69) is 22.5 Å². The highest BCUT2D eigenvalue weighted by atomic mass is 35.5. The Hall–Kier alpha value is -3.83. The molecule has 162 valence electrons. The van der Waals surface area contributed by atoms with Crippen LogP contribution in [0.1, 0.15) is 39.9 Å². The zero-order valence-corrected chi connectivity index (χ0v) is 17.5. The second-order valence-electron chi connectivity index (χ2n) is 7.49. The Bertz CT molecular complexity index is 1210. The maximum atomic E-state index is 12.7. The van der Waals surface area contributed by atoms with Crippen LogP contribution in [-0.2, 0) is 27.5 Å². The molecular formula is C23H18ClN3O5. The monoisotopic (exact) mass is 451 g/mol. The summed E-state index contributed by atoms with van der Waals surface area (Å²) in [6, 6.07) is 8.81. The lowest BCUT2D eigenvalue weighted by atomic mass is 10.0. The molecule has 1 atom stereocenters. The summed E-state index contributed by atoms with van der Waals surface area (Å²) in [7, 11) is 0. The molecule has 2 aliphatic heterocycles. The third-order valence-corrected chi connectivity index (χ3v) is 5.63. The summed E-state index contributed by atoms with van der Waals surface area (Å²) in [5, 5.41) is 14.8. The Kier molecular flexibility index (Phi) is 5.84. The number of imide groups is 1. The van der Waals surface area contributed by atoms with Gasteiger partial charge >= 0.3 is 0 Å². The van der Waals surface area contributed by atoms with Crippen molar-refractivity contribution >= 4 is 35.2 Å². The molecule has 2 heterocycles. The van der Waals surface area contributed by atoms with Gasteiger partial charge in [-0.25, -0.2) is 0 Å². The van der Waals surface area contributed by atoms with Gasteiger partial charge in [0.2, 0.25) is 11.8 Å². The molecule has 1 saturated heterocycles. The topological polar surface area (TPSA) is 116 Å². The van der Waals surface area contributed by atoms with Gasteiger partial charge in [-0.05, 0) is 41.8 Å². The molecule has 0 radical (unpaired) electrons. The van der Waals surface area contributed by atoms with Gasteiger partial charge in [-0.2, -0.15) is 0 Å². The molecule has 2 aromatic carbocycles. The average molecular weight is 452 g/mol. The second kappa shape index (κ2) is 8.73. The molecule has 2 aromatic rings. The largest absolute Gasteiger partial charge is 0.508 e. The van der Waals surface area contributed by atoms with Gasteiger partial charge < -0.3 is 15.3 Å². The fraction of sp³-hybridized carbons (Fsp3) is 0.217. The molecule has 0 aromatic heterocycles. The van der Waals surface area contributed by atoms with Crippen LogP contribution in [0.5, 0.6) is 5.75 Å². The van der Waals surface area contributed by atoms with Crippen molar-refractivity contribution in [3.8, 4) is 17.6 Å². The number of fused-ring (bicyclic) bond motifs is 1. The number of phenols is 1. The summed E-state index contributed by atoms with van der Waals surface area (Å²) in [5.41, 5.74) is 2.37. The number of piperidine rings is 1. The molecule has 4 amide bonds. The van der Waals surface area contributed by atoms with Crippen LogP contribution in [-0.4, -0.2) is 39.7 Å². The molecule has 4 rings (SSSR count). The number of amides is 4. The zero-order valence-electron chi connectivity index (χ0n) is 16.8. The smallest absolute Gasteiger partial charge is 0.296 e. The van der Waals surface area contributed by atoms with Gasteiger partial charge in [0.1, 0.15) is 11.8 Å². The molecule has 1 unspecified atom stereocenters. The Morgan fingerprint density at radius 3 is 2.81 bits per heavy atom. The van der Waals surface area contributed by atoms with Crippen LogP contribution in [0.2, 0.25) is 5.02 Å². The van der Waals surface area contributed by atoms with E-state index in [1.807, 2.05) is 0 Å². The third kappa shape index (κ3) is 4.43. The van der Waals surface area contributed by atoms with E-state index in [1.54, 1.807) is 18.2 Å². The summed E-state index contributed by atoms with van der Waals surface area (Å²) in [6.07, 6.45) is 0.498. The molecule has 2 aliphatic rings. The van der Waals surface area contributed by atoms with Crippen LogP contribution in [0.3, 0.4) is 0 Å². The van der Waals surface area contributed by atoms with E-state index < -0.39 is 17.9 Å². The van der Waals surface area contributed by atoms with Crippen molar-refractivity contribution in [2.45, 2.75) is 32.0 Å². The second-order valence-corrected chi connectivity index (χ2v) is 7.90. The van der Waals surface area contributed by atoms with E-state index in [0.717, 1.165) is 11.1 Å². The van der Waals surface area contributed by atoms with E-state index in [0.29, 0.717) is 22.6 Å². The Morgan fingerprint density at radius 2 is 2.03 bits per heavy atom. The van der Waals surface area contributed by atoms with Crippen molar-refractivity contribution < 1.29 is 24.3 Å². The van der Waals surface area contributed by atoms with Crippen LogP contribution in [0.4, 0.5) is 0 Å². The van der Waals surface area contributed by atoms with Gasteiger partial charge in [0.15, 0.2) is 0 Å². The summed E-state index contributed by atoms with van der Waals surface area (Å²) in [5.74, 6) is 3.48. The van der Waals surface area contributed by atoms with Gasteiger partial charge in [-0.1, -0.05) is 29.7 Å². The fourth-order valence-corrected chi connectivity index (χ4v) is 3.86. The van der Waals surface area contributed by atoms with E-state index in [-0.39, 0.29) is 37.1 Å². The molecule has 0 bridgehead atoms. The first kappa shape index (κ1) is 21.4. The van der Waals surface area contributed by atoms with Crippen LogP contribution in [0.25, 0.3) is 0 Å². The maximum absolute atomic E-state index is 12.7. The average Bonchev–Trinajstić information content (AvgIpc) is 3.08. The zero-order chi connectivity index (χ0) is 22.8. The highest BCUT2D eigenvalue weighted by Crippen LogP contribution is 2.28. The number of rotatable bonds is 3. The Morgan fingerprint density at radius 1 is 1.22 bits per heavy atom. The summed E-state index contributed by atoms with van der Waals surface area (Å²) in [6.45, 7) is 0.458. The molecule has 3 N–H and O–H groups in total. The Labute approximate surface area is 188 Å². The highest BCUT2D eigenvalue weighted by Gasteiger charge is 2.39. The van der Waals surface area contributed by atoms with Gasteiger partial charge in [0, 0.05) is 36.6 Å². The van der Waals surface area contributed by atoms with E-state index >= 15 is 0 Å². The molecular weight excluding hydrogens is 434 g/mol. The van der Waals surface area contributed by atoms with Gasteiger partial charge in [-0.3, -0.25) is 24.5 Å². The van der Waals surface area contributed by atoms with Crippen molar-refractivity contribution in [2.24, 2.45) is 0 Å². The maximum Gasteiger partial charge on any atom is 0.296 e. The number of nitrogens with one attached hydrogen (secondary N) is 2. The van der Waals surface area contributed by atoms with Crippen molar-refractivity contribution in [1.29, 1.82) is 0 Å². The lowest BCUT2D eigenvalue weighted by molar-refractivity contribution is -0.137. The summed E-state index contributed by atoms with van der Waals surface area (Å²) in [4.78, 5) is 49.8. The van der Waals surface area contributed by atoms with Gasteiger partial charge in [0.25, 0.3) is 11.8 Å². The standard InChI is InChI=1S/C23H18ClN3O5/c24-18-5-3-16(28)10-14(18)2-7-20(29)25-11-13-1-4-17-15(9-13)12-27(23(17)32)19-6-8-21(30)26-22(19)31/h1,3-5,9-10,19,28H,6,8,11-12H2,(H,25,29)(H,26,30,31). The molecule has 9 heteroatoms. The molecule has 1 fully saturated rings.